The highest BCUT2D eigenvalue weighted by Crippen LogP contribution is 2.25. The van der Waals surface area contributed by atoms with Gasteiger partial charge in [0.1, 0.15) is 5.75 Å². The van der Waals surface area contributed by atoms with Crippen molar-refractivity contribution >= 4 is 17.4 Å². The fourth-order valence-electron chi connectivity index (χ4n) is 1.67. The average molecular weight is 267 g/mol. The van der Waals surface area contributed by atoms with Crippen LogP contribution in [-0.4, -0.2) is 13.1 Å². The SMILES string of the molecule is COc1cc(C#N)ccc1NC(=O)Nc1ccccc1. The highest BCUT2D eigenvalue weighted by atomic mass is 16.5. The van der Waals surface area contributed by atoms with Crippen LogP contribution in [0.2, 0.25) is 0 Å². The largest absolute Gasteiger partial charge is 0.495 e. The highest BCUT2D eigenvalue weighted by molar-refractivity contribution is 6.00. The van der Waals surface area contributed by atoms with Crippen LogP contribution in [0.25, 0.3) is 0 Å². The van der Waals surface area contributed by atoms with E-state index in [-0.39, 0.29) is 6.03 Å². The van der Waals surface area contributed by atoms with E-state index in [4.69, 9.17) is 10.00 Å². The zero-order valence-electron chi connectivity index (χ0n) is 10.9. The first-order valence-electron chi connectivity index (χ1n) is 5.94. The second-order valence-electron chi connectivity index (χ2n) is 3.97. The molecule has 2 N–H and O–H groups in total. The molecule has 0 aliphatic carbocycles. The summed E-state index contributed by atoms with van der Waals surface area (Å²) < 4.78 is 5.15. The predicted octanol–water partition coefficient (Wildman–Crippen LogP) is 3.21. The van der Waals surface area contributed by atoms with Gasteiger partial charge in [0.2, 0.25) is 0 Å². The molecule has 2 aromatic rings. The van der Waals surface area contributed by atoms with Crippen molar-refractivity contribution in [1.29, 1.82) is 5.26 Å². The van der Waals surface area contributed by atoms with Gasteiger partial charge in [0, 0.05) is 11.8 Å². The van der Waals surface area contributed by atoms with Gasteiger partial charge in [0.15, 0.2) is 0 Å². The third-order valence-corrected chi connectivity index (χ3v) is 2.61. The van der Waals surface area contributed by atoms with Crippen molar-refractivity contribution in [3.05, 3.63) is 54.1 Å². The van der Waals surface area contributed by atoms with E-state index < -0.39 is 0 Å². The number of nitrogens with zero attached hydrogens (tertiary/aromatic N) is 1. The lowest BCUT2D eigenvalue weighted by atomic mass is 10.2. The van der Waals surface area contributed by atoms with E-state index in [9.17, 15) is 4.79 Å². The number of ether oxygens (including phenoxy) is 1. The lowest BCUT2D eigenvalue weighted by Gasteiger charge is -2.11. The Labute approximate surface area is 116 Å². The molecule has 2 rings (SSSR count). The van der Waals surface area contributed by atoms with Crippen molar-refractivity contribution in [2.45, 2.75) is 0 Å². The summed E-state index contributed by atoms with van der Waals surface area (Å²) in [6, 6.07) is 15.5. The summed E-state index contributed by atoms with van der Waals surface area (Å²) >= 11 is 0. The smallest absolute Gasteiger partial charge is 0.323 e. The lowest BCUT2D eigenvalue weighted by Crippen LogP contribution is -2.19. The Balaban J connectivity index is 2.10. The van der Waals surface area contributed by atoms with E-state index in [1.165, 1.54) is 7.11 Å². The van der Waals surface area contributed by atoms with Crippen LogP contribution in [-0.2, 0) is 0 Å². The molecule has 5 nitrogen and oxygen atoms in total. The summed E-state index contributed by atoms with van der Waals surface area (Å²) in [5.74, 6) is 0.437. The maximum Gasteiger partial charge on any atom is 0.323 e. The molecular weight excluding hydrogens is 254 g/mol. The van der Waals surface area contributed by atoms with E-state index in [0.29, 0.717) is 22.7 Å². The Kier molecular flexibility index (Phi) is 4.20. The van der Waals surface area contributed by atoms with Crippen molar-refractivity contribution in [1.82, 2.24) is 0 Å². The van der Waals surface area contributed by atoms with Gasteiger partial charge in [-0.2, -0.15) is 5.26 Å². The summed E-state index contributed by atoms with van der Waals surface area (Å²) in [5, 5.41) is 14.2. The number of carbonyl (C=O) groups is 1. The molecule has 0 fully saturated rings. The quantitative estimate of drug-likeness (QED) is 0.896. The first-order chi connectivity index (χ1) is 9.72. The lowest BCUT2D eigenvalue weighted by molar-refractivity contribution is 0.262. The Morgan fingerprint density at radius 3 is 2.55 bits per heavy atom. The second-order valence-corrected chi connectivity index (χ2v) is 3.97. The number of rotatable bonds is 3. The number of amides is 2. The Bertz CT molecular complexity index is 648. The highest BCUT2D eigenvalue weighted by Gasteiger charge is 2.08. The second kappa shape index (κ2) is 6.25. The van der Waals surface area contributed by atoms with Gasteiger partial charge in [-0.05, 0) is 24.3 Å². The van der Waals surface area contributed by atoms with Crippen LogP contribution >= 0.6 is 0 Å². The number of para-hydroxylation sites is 1. The number of nitriles is 1. The number of urea groups is 1. The van der Waals surface area contributed by atoms with Crippen molar-refractivity contribution in [3.8, 4) is 11.8 Å². The molecule has 0 spiro atoms. The molecule has 2 amide bonds. The number of carbonyl (C=O) groups excluding carboxylic acids is 1. The van der Waals surface area contributed by atoms with Gasteiger partial charge in [-0.1, -0.05) is 18.2 Å². The molecular formula is C15H13N3O2. The number of nitrogens with one attached hydrogen (secondary N) is 2. The molecule has 2 aromatic carbocycles. The van der Waals surface area contributed by atoms with E-state index in [2.05, 4.69) is 10.6 Å². The number of anilines is 2. The molecule has 20 heavy (non-hydrogen) atoms. The normalized spacial score (nSPS) is 9.40. The zero-order valence-corrected chi connectivity index (χ0v) is 10.9. The Morgan fingerprint density at radius 2 is 1.90 bits per heavy atom. The van der Waals surface area contributed by atoms with Gasteiger partial charge in [0.25, 0.3) is 0 Å². The molecule has 0 radical (unpaired) electrons. The third kappa shape index (κ3) is 3.27. The van der Waals surface area contributed by atoms with Crippen LogP contribution in [0.3, 0.4) is 0 Å². The van der Waals surface area contributed by atoms with E-state index in [0.717, 1.165) is 0 Å². The fraction of sp³-hybridized carbons (Fsp3) is 0.0667. The molecule has 0 bridgehead atoms. The monoisotopic (exact) mass is 267 g/mol. The van der Waals surface area contributed by atoms with Gasteiger partial charge in [-0.3, -0.25) is 0 Å². The van der Waals surface area contributed by atoms with Gasteiger partial charge >= 0.3 is 6.03 Å². The summed E-state index contributed by atoms with van der Waals surface area (Å²) in [6.07, 6.45) is 0. The predicted molar refractivity (Wildman–Crippen MR) is 76.8 cm³/mol. The number of benzene rings is 2. The van der Waals surface area contributed by atoms with Crippen LogP contribution in [0.4, 0.5) is 16.2 Å². The molecule has 0 saturated heterocycles. The summed E-state index contributed by atoms with van der Waals surface area (Å²) in [6.45, 7) is 0. The zero-order chi connectivity index (χ0) is 14.4. The van der Waals surface area contributed by atoms with E-state index >= 15 is 0 Å². The average Bonchev–Trinajstić information content (AvgIpc) is 2.48. The molecule has 0 aliphatic rings. The molecule has 0 aliphatic heterocycles. The molecule has 0 atom stereocenters. The molecule has 0 heterocycles. The van der Waals surface area contributed by atoms with Gasteiger partial charge in [-0.15, -0.1) is 0 Å². The van der Waals surface area contributed by atoms with E-state index in [1.54, 1.807) is 30.3 Å². The minimum absolute atomic E-state index is 0.376. The first-order valence-corrected chi connectivity index (χ1v) is 5.94. The molecule has 0 saturated carbocycles. The van der Waals surface area contributed by atoms with E-state index in [1.807, 2.05) is 24.3 Å². The van der Waals surface area contributed by atoms with Crippen LogP contribution < -0.4 is 15.4 Å². The van der Waals surface area contributed by atoms with Crippen molar-refractivity contribution < 1.29 is 9.53 Å². The maximum absolute atomic E-state index is 11.9. The minimum Gasteiger partial charge on any atom is -0.495 e. The number of hydrogen-bond acceptors (Lipinski definition) is 3. The van der Waals surface area contributed by atoms with Crippen LogP contribution in [0.15, 0.2) is 48.5 Å². The van der Waals surface area contributed by atoms with Crippen molar-refractivity contribution in [3.63, 3.8) is 0 Å². The van der Waals surface area contributed by atoms with Gasteiger partial charge in [-0.25, -0.2) is 4.79 Å². The van der Waals surface area contributed by atoms with Crippen LogP contribution in [0.1, 0.15) is 5.56 Å². The Morgan fingerprint density at radius 1 is 1.15 bits per heavy atom. The van der Waals surface area contributed by atoms with Crippen molar-refractivity contribution in [2.24, 2.45) is 0 Å². The minimum atomic E-state index is -0.376. The van der Waals surface area contributed by atoms with Crippen LogP contribution in [0, 0.1) is 11.3 Å². The molecule has 0 aromatic heterocycles. The van der Waals surface area contributed by atoms with Gasteiger partial charge in [0.05, 0.1) is 24.4 Å². The molecule has 100 valence electrons. The Hall–Kier alpha value is -3.00. The summed E-state index contributed by atoms with van der Waals surface area (Å²) in [4.78, 5) is 11.9. The molecule has 0 unspecified atom stereocenters. The summed E-state index contributed by atoms with van der Waals surface area (Å²) in [5.41, 5.74) is 1.66. The van der Waals surface area contributed by atoms with Crippen LogP contribution in [0.5, 0.6) is 5.75 Å². The van der Waals surface area contributed by atoms with Gasteiger partial charge < -0.3 is 15.4 Å². The fourth-order valence-corrected chi connectivity index (χ4v) is 1.67. The maximum atomic E-state index is 11.9. The number of methoxy groups -OCH3 is 1. The third-order valence-electron chi connectivity index (χ3n) is 2.61. The number of hydrogen-bond donors (Lipinski definition) is 2. The standard InChI is InChI=1S/C15H13N3O2/c1-20-14-9-11(10-16)7-8-13(14)18-15(19)17-12-5-3-2-4-6-12/h2-9H,1H3,(H2,17,18,19). The first kappa shape index (κ1) is 13.4. The topological polar surface area (TPSA) is 74.1 Å². The van der Waals surface area contributed by atoms with Crippen molar-refractivity contribution in [2.75, 3.05) is 17.7 Å². The molecule has 5 heteroatoms. The summed E-state index contributed by atoms with van der Waals surface area (Å²) in [7, 11) is 1.48.